The minimum Gasteiger partial charge on any atom is -0.481 e. The van der Waals surface area contributed by atoms with E-state index in [0.29, 0.717) is 12.3 Å². The molecular weight excluding hydrogens is 384 g/mol. The van der Waals surface area contributed by atoms with Gasteiger partial charge in [-0.3, -0.25) is 9.59 Å². The maximum atomic E-state index is 12.5. The first-order valence-electron chi connectivity index (χ1n) is 11.3. The van der Waals surface area contributed by atoms with Crippen LogP contribution >= 0.6 is 0 Å². The topological polar surface area (TPSA) is 104 Å². The fraction of sp³-hybridized carbons (Fsp3) is 0.750. The number of aliphatic carboxylic acids is 1. The number of allylic oxidation sites excluding steroid dienone is 3. The van der Waals surface area contributed by atoms with Gasteiger partial charge < -0.3 is 20.1 Å². The number of carbonyl (C=O) groups excluding carboxylic acids is 1. The van der Waals surface area contributed by atoms with E-state index >= 15 is 0 Å². The molecule has 0 radical (unpaired) electrons. The van der Waals surface area contributed by atoms with E-state index < -0.39 is 18.2 Å². The van der Waals surface area contributed by atoms with Gasteiger partial charge in [0.15, 0.2) is 0 Å². The Labute approximate surface area is 180 Å². The van der Waals surface area contributed by atoms with E-state index in [1.807, 2.05) is 13.8 Å². The molecule has 2 aliphatic rings. The highest BCUT2D eigenvalue weighted by molar-refractivity contribution is 5.72. The van der Waals surface area contributed by atoms with Crippen LogP contribution in [0.5, 0.6) is 0 Å². The first-order chi connectivity index (χ1) is 14.1. The van der Waals surface area contributed by atoms with Crippen molar-refractivity contribution in [3.05, 3.63) is 23.8 Å². The van der Waals surface area contributed by atoms with Gasteiger partial charge in [0.05, 0.1) is 24.5 Å². The summed E-state index contributed by atoms with van der Waals surface area (Å²) in [6, 6.07) is 0. The molecule has 0 aromatic rings. The van der Waals surface area contributed by atoms with E-state index in [1.165, 1.54) is 5.57 Å². The number of esters is 1. The van der Waals surface area contributed by atoms with Gasteiger partial charge in [0.2, 0.25) is 0 Å². The van der Waals surface area contributed by atoms with Gasteiger partial charge in [0.1, 0.15) is 6.10 Å². The third-order valence-electron chi connectivity index (χ3n) is 6.67. The minimum absolute atomic E-state index is 0.0556. The first-order valence-corrected chi connectivity index (χ1v) is 11.3. The highest BCUT2D eigenvalue weighted by atomic mass is 16.5. The van der Waals surface area contributed by atoms with Crippen LogP contribution in [0.1, 0.15) is 66.2 Å². The second-order valence-electron chi connectivity index (χ2n) is 9.29. The zero-order valence-electron chi connectivity index (χ0n) is 18.7. The second kappa shape index (κ2) is 11.1. The molecule has 30 heavy (non-hydrogen) atoms. The number of carboxylic acids is 1. The molecule has 2 aliphatic carbocycles. The molecule has 0 heterocycles. The molecule has 0 unspecified atom stereocenters. The lowest BCUT2D eigenvalue weighted by molar-refractivity contribution is -0.158. The third-order valence-corrected chi connectivity index (χ3v) is 6.67. The van der Waals surface area contributed by atoms with Gasteiger partial charge in [-0.1, -0.05) is 45.9 Å². The molecule has 0 aliphatic heterocycles. The van der Waals surface area contributed by atoms with Crippen LogP contribution in [-0.4, -0.2) is 45.6 Å². The molecule has 8 atom stereocenters. The Bertz CT molecular complexity index is 654. The fourth-order valence-electron chi connectivity index (χ4n) is 4.76. The molecule has 3 N–H and O–H groups in total. The zero-order chi connectivity index (χ0) is 22.4. The summed E-state index contributed by atoms with van der Waals surface area (Å²) in [5.74, 6) is -0.406. The Morgan fingerprint density at radius 2 is 1.93 bits per heavy atom. The predicted molar refractivity (Wildman–Crippen MR) is 115 cm³/mol. The Morgan fingerprint density at radius 1 is 1.23 bits per heavy atom. The number of hydrogen-bond donors (Lipinski definition) is 3. The van der Waals surface area contributed by atoms with Gasteiger partial charge >= 0.3 is 11.9 Å². The largest absolute Gasteiger partial charge is 0.481 e. The Balaban J connectivity index is 2.09. The quantitative estimate of drug-likeness (QED) is 0.464. The van der Waals surface area contributed by atoms with Crippen molar-refractivity contribution < 1.29 is 29.6 Å². The summed E-state index contributed by atoms with van der Waals surface area (Å²) in [5, 5.41) is 28.9. The summed E-state index contributed by atoms with van der Waals surface area (Å²) in [7, 11) is 0. The molecule has 0 saturated carbocycles. The average molecular weight is 423 g/mol. The van der Waals surface area contributed by atoms with Crippen molar-refractivity contribution in [2.45, 2.75) is 84.5 Å². The molecule has 6 heteroatoms. The summed E-state index contributed by atoms with van der Waals surface area (Å²) in [4.78, 5) is 23.2. The highest BCUT2D eigenvalue weighted by Gasteiger charge is 2.41. The summed E-state index contributed by atoms with van der Waals surface area (Å²) < 4.78 is 6.00. The van der Waals surface area contributed by atoms with Crippen LogP contribution < -0.4 is 0 Å². The molecule has 6 nitrogen and oxygen atoms in total. The van der Waals surface area contributed by atoms with E-state index in [-0.39, 0.29) is 48.6 Å². The van der Waals surface area contributed by atoms with Gasteiger partial charge in [-0.15, -0.1) is 0 Å². The van der Waals surface area contributed by atoms with Gasteiger partial charge in [0, 0.05) is 5.92 Å². The molecule has 0 saturated heterocycles. The van der Waals surface area contributed by atoms with Crippen molar-refractivity contribution >= 4 is 11.9 Å². The number of ether oxygens (including phenoxy) is 1. The van der Waals surface area contributed by atoms with Crippen LogP contribution in [0.15, 0.2) is 23.8 Å². The molecule has 0 bridgehead atoms. The molecular formula is C24H38O6. The maximum absolute atomic E-state index is 12.5. The van der Waals surface area contributed by atoms with Crippen molar-refractivity contribution in [2.24, 2.45) is 29.6 Å². The molecule has 0 fully saturated rings. The van der Waals surface area contributed by atoms with Gasteiger partial charge in [0.25, 0.3) is 0 Å². The summed E-state index contributed by atoms with van der Waals surface area (Å²) in [6.45, 7) is 8.16. The van der Waals surface area contributed by atoms with Gasteiger partial charge in [-0.05, 0) is 55.4 Å². The van der Waals surface area contributed by atoms with Crippen LogP contribution in [0, 0.1) is 29.6 Å². The number of carbonyl (C=O) groups is 2. The number of aliphatic hydroxyl groups is 2. The number of aliphatic hydroxyl groups excluding tert-OH is 2. The Kier molecular flexibility index (Phi) is 9.10. The lowest BCUT2D eigenvalue weighted by Crippen LogP contribution is -2.41. The van der Waals surface area contributed by atoms with E-state index in [4.69, 9.17) is 9.84 Å². The van der Waals surface area contributed by atoms with Crippen LogP contribution in [-0.2, 0) is 14.3 Å². The van der Waals surface area contributed by atoms with Gasteiger partial charge in [-0.25, -0.2) is 0 Å². The van der Waals surface area contributed by atoms with Crippen LogP contribution in [0.4, 0.5) is 0 Å². The lowest BCUT2D eigenvalue weighted by atomic mass is 9.65. The van der Waals surface area contributed by atoms with Crippen molar-refractivity contribution in [1.29, 1.82) is 0 Å². The maximum Gasteiger partial charge on any atom is 0.308 e. The van der Waals surface area contributed by atoms with Crippen molar-refractivity contribution in [3.63, 3.8) is 0 Å². The molecule has 170 valence electrons. The fourth-order valence-corrected chi connectivity index (χ4v) is 4.76. The molecule has 0 spiro atoms. The second-order valence-corrected chi connectivity index (χ2v) is 9.29. The minimum atomic E-state index is -1.07. The van der Waals surface area contributed by atoms with E-state index in [0.717, 1.165) is 19.3 Å². The number of fused-ring (bicyclic) bond motifs is 1. The lowest BCUT2D eigenvalue weighted by Gasteiger charge is -2.43. The number of rotatable bonds is 10. The van der Waals surface area contributed by atoms with E-state index in [2.05, 4.69) is 32.1 Å². The van der Waals surface area contributed by atoms with Crippen LogP contribution in [0.3, 0.4) is 0 Å². The monoisotopic (exact) mass is 422 g/mol. The molecule has 2 rings (SSSR count). The average Bonchev–Trinajstić information content (AvgIpc) is 2.65. The van der Waals surface area contributed by atoms with Crippen LogP contribution in [0.25, 0.3) is 0 Å². The first kappa shape index (κ1) is 24.6. The summed E-state index contributed by atoms with van der Waals surface area (Å²) in [6.07, 6.45) is 7.07. The number of carboxylic acid groups (broad SMARTS) is 1. The highest BCUT2D eigenvalue weighted by Crippen LogP contribution is 2.45. The SMILES string of the molecule is CC[C@H](C)C(=O)O[C@@H]1C[C@H](C)C=C2C=C[C@H](C)[C@H](CC[C@H](O)C[C@@H](O)CC(=O)O)[C@H]21. The van der Waals surface area contributed by atoms with E-state index in [9.17, 15) is 19.8 Å². The van der Waals surface area contributed by atoms with Gasteiger partial charge in [-0.2, -0.15) is 0 Å². The van der Waals surface area contributed by atoms with Crippen molar-refractivity contribution in [3.8, 4) is 0 Å². The van der Waals surface area contributed by atoms with E-state index in [1.54, 1.807) is 0 Å². The van der Waals surface area contributed by atoms with Crippen molar-refractivity contribution in [1.82, 2.24) is 0 Å². The Morgan fingerprint density at radius 3 is 2.57 bits per heavy atom. The Hall–Kier alpha value is -1.66. The normalized spacial score (nSPS) is 31.3. The standard InChI is InChI=1S/C24H38O6/c1-5-15(3)24(29)30-21-11-14(2)10-17-7-6-16(4)20(23(17)21)9-8-18(25)12-19(26)13-22(27)28/h6-7,10,14-16,18-21,23,25-26H,5,8-9,11-13H2,1-4H3,(H,27,28)/t14-,15+,16+,18+,19-,20+,21-,23+/m1/s1. The molecule has 0 aromatic heterocycles. The number of hydrogen-bond acceptors (Lipinski definition) is 5. The third kappa shape index (κ3) is 6.67. The van der Waals surface area contributed by atoms with Crippen LogP contribution in [0.2, 0.25) is 0 Å². The molecule has 0 aromatic carbocycles. The summed E-state index contributed by atoms with van der Waals surface area (Å²) >= 11 is 0. The zero-order valence-corrected chi connectivity index (χ0v) is 18.7. The smallest absolute Gasteiger partial charge is 0.308 e. The van der Waals surface area contributed by atoms with Crippen molar-refractivity contribution in [2.75, 3.05) is 0 Å². The predicted octanol–water partition coefficient (Wildman–Crippen LogP) is 3.72. The summed E-state index contributed by atoms with van der Waals surface area (Å²) in [5.41, 5.74) is 1.21. The molecule has 0 amide bonds.